The van der Waals surface area contributed by atoms with Crippen LogP contribution in [0.1, 0.15) is 29.5 Å². The number of fused-ring (bicyclic) bond motifs is 1. The smallest absolute Gasteiger partial charge is 0.154 e. The minimum absolute atomic E-state index is 0.000172. The first-order valence-electron chi connectivity index (χ1n) is 8.32. The molecule has 2 N–H and O–H groups in total. The highest BCUT2D eigenvalue weighted by molar-refractivity contribution is 8.13. The number of aliphatic imine (C=N–C) groups is 1. The van der Waals surface area contributed by atoms with Gasteiger partial charge in [-0.3, -0.25) is 0 Å². The van der Waals surface area contributed by atoms with Gasteiger partial charge < -0.3 is 10.5 Å². The first-order valence-corrected chi connectivity index (χ1v) is 9.30. The molecule has 3 heterocycles. The molecule has 0 unspecified atom stereocenters. The minimum atomic E-state index is -0.935. The summed E-state index contributed by atoms with van der Waals surface area (Å²) in [4.78, 5) is 13.0. The number of rotatable bonds is 2. The fourth-order valence-electron chi connectivity index (χ4n) is 3.61. The van der Waals surface area contributed by atoms with E-state index in [1.807, 2.05) is 6.92 Å². The van der Waals surface area contributed by atoms with Crippen molar-refractivity contribution in [2.24, 2.45) is 16.6 Å². The Balaban J connectivity index is 1.71. The highest BCUT2D eigenvalue weighted by atomic mass is 32.2. The molecule has 2 aliphatic rings. The summed E-state index contributed by atoms with van der Waals surface area (Å²) in [6, 6.07) is 3.58. The van der Waals surface area contributed by atoms with Crippen LogP contribution in [0, 0.1) is 24.5 Å². The van der Waals surface area contributed by atoms with Gasteiger partial charge in [0.05, 0.1) is 12.7 Å². The third-order valence-electron chi connectivity index (χ3n) is 4.99. The van der Waals surface area contributed by atoms with Crippen molar-refractivity contribution in [3.63, 3.8) is 0 Å². The fraction of sp³-hybridized carbons (Fsp3) is 0.389. The molecule has 3 atom stereocenters. The number of ether oxygens (including phenoxy) is 1. The van der Waals surface area contributed by atoms with Crippen LogP contribution in [0.4, 0.5) is 8.78 Å². The maximum absolute atomic E-state index is 14.6. The van der Waals surface area contributed by atoms with E-state index in [1.165, 1.54) is 23.9 Å². The number of hydrogen-bond acceptors (Lipinski definition) is 6. The van der Waals surface area contributed by atoms with E-state index >= 15 is 0 Å². The summed E-state index contributed by atoms with van der Waals surface area (Å²) in [6.07, 6.45) is 3.96. The Morgan fingerprint density at radius 2 is 2.04 bits per heavy atom. The van der Waals surface area contributed by atoms with Crippen molar-refractivity contribution in [1.29, 1.82) is 0 Å². The second-order valence-corrected chi connectivity index (χ2v) is 7.65. The second-order valence-electron chi connectivity index (χ2n) is 6.61. The molecule has 0 spiro atoms. The number of halogens is 2. The lowest BCUT2D eigenvalue weighted by atomic mass is 9.74. The van der Waals surface area contributed by atoms with E-state index in [1.54, 1.807) is 12.4 Å². The van der Waals surface area contributed by atoms with Crippen molar-refractivity contribution < 1.29 is 13.5 Å². The van der Waals surface area contributed by atoms with E-state index in [9.17, 15) is 8.78 Å². The molecular formula is C18H18F2N4OS. The van der Waals surface area contributed by atoms with Crippen LogP contribution in [0.2, 0.25) is 0 Å². The van der Waals surface area contributed by atoms with Crippen molar-refractivity contribution in [3.8, 4) is 0 Å². The lowest BCUT2D eigenvalue weighted by molar-refractivity contribution is -0.0590. The molecule has 0 aliphatic carbocycles. The van der Waals surface area contributed by atoms with E-state index in [0.29, 0.717) is 28.7 Å². The summed E-state index contributed by atoms with van der Waals surface area (Å²) in [5, 5.41) is 0.394. The number of aryl methyl sites for hydroxylation is 1. The number of nitrogens with two attached hydrogens (primary N) is 1. The van der Waals surface area contributed by atoms with Crippen LogP contribution >= 0.6 is 11.8 Å². The zero-order chi connectivity index (χ0) is 18.3. The van der Waals surface area contributed by atoms with E-state index in [-0.39, 0.29) is 18.6 Å². The van der Waals surface area contributed by atoms with Gasteiger partial charge >= 0.3 is 0 Å². The maximum Gasteiger partial charge on any atom is 0.154 e. The van der Waals surface area contributed by atoms with Crippen LogP contribution in [-0.2, 0) is 10.3 Å². The molecule has 1 aromatic heterocycles. The SMILES string of the molecule is Cc1ncc([C@H]2C[C@H]3CSC(N)=N[C@@]3(c3ccc(F)cc3F)CO2)cn1. The van der Waals surface area contributed by atoms with E-state index in [2.05, 4.69) is 15.0 Å². The van der Waals surface area contributed by atoms with Crippen molar-refractivity contribution in [3.05, 3.63) is 59.2 Å². The zero-order valence-electron chi connectivity index (χ0n) is 14.2. The molecule has 4 rings (SSSR count). The first-order chi connectivity index (χ1) is 12.5. The molecule has 1 saturated heterocycles. The van der Waals surface area contributed by atoms with Gasteiger partial charge in [-0.15, -0.1) is 0 Å². The molecule has 1 fully saturated rings. The van der Waals surface area contributed by atoms with Gasteiger partial charge in [0.15, 0.2) is 5.17 Å². The summed E-state index contributed by atoms with van der Waals surface area (Å²) in [5.41, 5.74) is 6.22. The molecule has 26 heavy (non-hydrogen) atoms. The van der Waals surface area contributed by atoms with E-state index < -0.39 is 17.2 Å². The van der Waals surface area contributed by atoms with Crippen LogP contribution in [0.15, 0.2) is 35.6 Å². The van der Waals surface area contributed by atoms with Crippen LogP contribution in [0.25, 0.3) is 0 Å². The van der Waals surface area contributed by atoms with Crippen LogP contribution < -0.4 is 5.73 Å². The molecule has 5 nitrogen and oxygen atoms in total. The summed E-state index contributed by atoms with van der Waals surface area (Å²) < 4.78 is 34.0. The first kappa shape index (κ1) is 17.4. The summed E-state index contributed by atoms with van der Waals surface area (Å²) in [7, 11) is 0. The molecular weight excluding hydrogens is 358 g/mol. The Kier molecular flexibility index (Phi) is 4.40. The Hall–Kier alpha value is -2.06. The topological polar surface area (TPSA) is 73.4 Å². The predicted octanol–water partition coefficient (Wildman–Crippen LogP) is 3.10. The van der Waals surface area contributed by atoms with Gasteiger partial charge in [-0.2, -0.15) is 0 Å². The standard InChI is InChI=1S/C18H18F2N4OS/c1-10-22-6-11(7-23-10)16-4-12-8-26-17(21)24-18(12,9-25-16)14-3-2-13(19)5-15(14)20/h2-3,5-7,12,16H,4,8-9H2,1H3,(H2,21,24)/t12-,16+,18-/m0/s1. The molecule has 0 amide bonds. The molecule has 0 radical (unpaired) electrons. The van der Waals surface area contributed by atoms with Crippen molar-refractivity contribution in [2.45, 2.75) is 25.0 Å². The molecule has 8 heteroatoms. The number of benzene rings is 1. The average Bonchev–Trinajstić information content (AvgIpc) is 2.61. The Morgan fingerprint density at radius 1 is 1.27 bits per heavy atom. The van der Waals surface area contributed by atoms with Crippen molar-refractivity contribution >= 4 is 16.9 Å². The lowest BCUT2D eigenvalue weighted by Crippen LogP contribution is -2.48. The number of hydrogen-bond donors (Lipinski definition) is 1. The number of aromatic nitrogens is 2. The Bertz CT molecular complexity index is 861. The summed E-state index contributed by atoms with van der Waals surface area (Å²) in [6.45, 7) is 1.99. The highest BCUT2D eigenvalue weighted by Crippen LogP contribution is 2.49. The molecule has 136 valence electrons. The van der Waals surface area contributed by atoms with Crippen molar-refractivity contribution in [2.75, 3.05) is 12.4 Å². The van der Waals surface area contributed by atoms with Gasteiger partial charge in [-0.1, -0.05) is 17.8 Å². The van der Waals surface area contributed by atoms with Crippen LogP contribution in [0.5, 0.6) is 0 Å². The van der Waals surface area contributed by atoms with Gasteiger partial charge in [-0.05, 0) is 19.4 Å². The van der Waals surface area contributed by atoms with E-state index in [4.69, 9.17) is 10.5 Å². The van der Waals surface area contributed by atoms with Crippen LogP contribution in [-0.4, -0.2) is 27.5 Å². The number of thioether (sulfide) groups is 1. The summed E-state index contributed by atoms with van der Waals surface area (Å²) >= 11 is 1.45. The molecule has 0 saturated carbocycles. The Morgan fingerprint density at radius 3 is 2.77 bits per heavy atom. The largest absolute Gasteiger partial charge is 0.379 e. The third-order valence-corrected chi connectivity index (χ3v) is 5.95. The van der Waals surface area contributed by atoms with Gasteiger partial charge in [0, 0.05) is 41.3 Å². The second kappa shape index (κ2) is 6.59. The predicted molar refractivity (Wildman–Crippen MR) is 95.7 cm³/mol. The zero-order valence-corrected chi connectivity index (χ0v) is 15.0. The van der Waals surface area contributed by atoms with Gasteiger partial charge in [-0.25, -0.2) is 23.7 Å². The van der Waals surface area contributed by atoms with E-state index in [0.717, 1.165) is 11.6 Å². The fourth-order valence-corrected chi connectivity index (χ4v) is 4.62. The molecule has 2 aromatic rings. The highest BCUT2D eigenvalue weighted by Gasteiger charge is 2.49. The number of amidine groups is 1. The normalized spacial score (nSPS) is 28.3. The van der Waals surface area contributed by atoms with Gasteiger partial charge in [0.1, 0.15) is 23.0 Å². The van der Waals surface area contributed by atoms with Gasteiger partial charge in [0.2, 0.25) is 0 Å². The average molecular weight is 376 g/mol. The monoisotopic (exact) mass is 376 g/mol. The summed E-state index contributed by atoms with van der Waals surface area (Å²) in [5.74, 6) is 0.142. The Labute approximate surface area is 154 Å². The minimum Gasteiger partial charge on any atom is -0.379 e. The van der Waals surface area contributed by atoms with Crippen LogP contribution in [0.3, 0.4) is 0 Å². The quantitative estimate of drug-likeness (QED) is 0.872. The molecule has 1 aromatic carbocycles. The molecule has 2 aliphatic heterocycles. The maximum atomic E-state index is 14.6. The molecule has 0 bridgehead atoms. The van der Waals surface area contributed by atoms with Crippen molar-refractivity contribution in [1.82, 2.24) is 9.97 Å². The van der Waals surface area contributed by atoms with Gasteiger partial charge in [0.25, 0.3) is 0 Å². The lowest BCUT2D eigenvalue weighted by Gasteiger charge is -2.46. The third kappa shape index (κ3) is 2.97. The number of nitrogens with zero attached hydrogens (tertiary/aromatic N) is 3.